The minimum absolute atomic E-state index is 0.0703. The Bertz CT molecular complexity index is 727. The molecule has 1 aromatic rings. The second kappa shape index (κ2) is 16.2. The van der Waals surface area contributed by atoms with Crippen LogP contribution in [-0.4, -0.2) is 104 Å². The molecule has 0 aliphatic heterocycles. The van der Waals surface area contributed by atoms with E-state index >= 15 is 0 Å². The van der Waals surface area contributed by atoms with Gasteiger partial charge in [0.1, 0.15) is 0 Å². The summed E-state index contributed by atoms with van der Waals surface area (Å²) in [6.07, 6.45) is 3.36. The minimum atomic E-state index is -1.23. The lowest BCUT2D eigenvalue weighted by Crippen LogP contribution is -2.43. The van der Waals surface area contributed by atoms with E-state index in [9.17, 15) is 24.0 Å². The van der Waals surface area contributed by atoms with E-state index in [1.807, 2.05) is 12.1 Å². The third-order valence-electron chi connectivity index (χ3n) is 4.19. The highest BCUT2D eigenvalue weighted by atomic mass is 16.4. The van der Waals surface area contributed by atoms with E-state index in [0.717, 1.165) is 22.6 Å². The summed E-state index contributed by atoms with van der Waals surface area (Å²) in [5, 5.41) is 43.1. The highest BCUT2D eigenvalue weighted by Crippen LogP contribution is 2.07. The number of hydrogen-bond acceptors (Lipinski definition) is 7. The molecule has 0 fully saturated rings. The maximum atomic E-state index is 10.6. The van der Waals surface area contributed by atoms with Crippen molar-refractivity contribution >= 4 is 29.8 Å². The van der Waals surface area contributed by atoms with Crippen molar-refractivity contribution in [3.63, 3.8) is 0 Å². The van der Waals surface area contributed by atoms with Gasteiger partial charge in [0.15, 0.2) is 0 Å². The van der Waals surface area contributed by atoms with Gasteiger partial charge in [-0.1, -0.05) is 25.5 Å². The van der Waals surface area contributed by atoms with Crippen LogP contribution in [0.2, 0.25) is 0 Å². The number of hydrogen-bond donors (Lipinski definition) is 5. The van der Waals surface area contributed by atoms with Crippen molar-refractivity contribution < 1.29 is 49.5 Å². The van der Waals surface area contributed by atoms with E-state index in [1.165, 1.54) is 12.0 Å². The van der Waals surface area contributed by atoms with E-state index < -0.39 is 56.0 Å². The molecule has 184 valence electrons. The highest BCUT2D eigenvalue weighted by Gasteiger charge is 2.18. The normalized spacial score (nSPS) is 10.4. The van der Waals surface area contributed by atoms with Gasteiger partial charge < -0.3 is 25.5 Å². The number of rotatable bonds is 15. The van der Waals surface area contributed by atoms with Crippen LogP contribution in [0.1, 0.15) is 35.7 Å². The third-order valence-corrected chi connectivity index (χ3v) is 4.19. The van der Waals surface area contributed by atoms with E-state index in [0.29, 0.717) is 5.56 Å². The molecule has 0 aliphatic carbocycles. The van der Waals surface area contributed by atoms with Crippen LogP contribution in [0.3, 0.4) is 0 Å². The third kappa shape index (κ3) is 15.9. The Labute approximate surface area is 190 Å². The first-order valence-electron chi connectivity index (χ1n) is 10.1. The first kappa shape index (κ1) is 29.5. The van der Waals surface area contributed by atoms with Crippen molar-refractivity contribution in [3.8, 4) is 0 Å². The van der Waals surface area contributed by atoms with Gasteiger partial charge in [0.25, 0.3) is 0 Å². The molecule has 12 nitrogen and oxygen atoms in total. The number of carboxylic acids is 5. The summed E-state index contributed by atoms with van der Waals surface area (Å²) < 4.78 is 0. The molecule has 1 rings (SSSR count). The quantitative estimate of drug-likeness (QED) is 0.241. The zero-order valence-electron chi connectivity index (χ0n) is 18.3. The molecule has 0 unspecified atom stereocenters. The van der Waals surface area contributed by atoms with Crippen LogP contribution in [-0.2, 0) is 25.6 Å². The Balaban J connectivity index is 0.000000676. The Morgan fingerprint density at radius 2 is 1.03 bits per heavy atom. The molecule has 12 heteroatoms. The number of carbonyl (C=O) groups is 5. The largest absolute Gasteiger partial charge is 0.480 e. The van der Waals surface area contributed by atoms with Gasteiger partial charge in [0, 0.05) is 13.1 Å². The molecule has 0 aromatic heterocycles. The van der Waals surface area contributed by atoms with Gasteiger partial charge in [-0.15, -0.1) is 0 Å². The van der Waals surface area contributed by atoms with Crippen LogP contribution in [0.5, 0.6) is 0 Å². The molecule has 0 saturated heterocycles. The lowest BCUT2D eigenvalue weighted by molar-refractivity contribution is -0.145. The van der Waals surface area contributed by atoms with Gasteiger partial charge in [-0.25, -0.2) is 4.79 Å². The number of aryl methyl sites for hydroxylation is 1. The number of unbranched alkanes of at least 4 members (excludes halogenated alkanes) is 1. The summed E-state index contributed by atoms with van der Waals surface area (Å²) in [6, 6.07) is 7.10. The Morgan fingerprint density at radius 1 is 0.667 bits per heavy atom. The van der Waals surface area contributed by atoms with Crippen LogP contribution in [0.25, 0.3) is 0 Å². The molecule has 0 bridgehead atoms. The van der Waals surface area contributed by atoms with Crippen molar-refractivity contribution in [2.24, 2.45) is 0 Å². The number of benzene rings is 1. The Hall–Kier alpha value is -3.51. The predicted octanol–water partition coefficient (Wildman–Crippen LogP) is 0.656. The smallest absolute Gasteiger partial charge is 0.335 e. The van der Waals surface area contributed by atoms with Gasteiger partial charge in [-0.3, -0.25) is 29.0 Å². The zero-order chi connectivity index (χ0) is 25.4. The second-order valence-electron chi connectivity index (χ2n) is 7.10. The lowest BCUT2D eigenvalue weighted by atomic mass is 10.1. The molecule has 0 spiro atoms. The summed E-state index contributed by atoms with van der Waals surface area (Å²) in [5.74, 6) is -5.77. The van der Waals surface area contributed by atoms with Gasteiger partial charge in [-0.2, -0.15) is 0 Å². The molecule has 1 aromatic carbocycles. The molecular formula is C21H30N2O10. The standard InChI is InChI=1S/C11H14O2.C10H16N2O8/c1-2-3-4-9-5-7-10(8-6-9)11(12)13;13-7(14)3-11(4-8(15)16)1-2-12(5-9(17)18)6-10(19)20/h5-8H,2-4H2,1H3,(H,12,13);1-6H2,(H,13,14)(H,15,16)(H,17,18)(H,19,20). The molecule has 0 radical (unpaired) electrons. The maximum Gasteiger partial charge on any atom is 0.335 e. The summed E-state index contributed by atoms with van der Waals surface area (Å²) in [7, 11) is 0. The molecular weight excluding hydrogens is 440 g/mol. The fourth-order valence-corrected chi connectivity index (χ4v) is 2.67. The lowest BCUT2D eigenvalue weighted by Gasteiger charge is -2.23. The SMILES string of the molecule is CCCCc1ccc(C(=O)O)cc1.O=C(O)CN(CCN(CC(=O)O)CC(=O)O)CC(=O)O. The van der Waals surface area contributed by atoms with Crippen molar-refractivity contribution in [3.05, 3.63) is 35.4 Å². The number of nitrogens with zero attached hydrogens (tertiary/aromatic N) is 2. The first-order valence-corrected chi connectivity index (χ1v) is 10.1. The van der Waals surface area contributed by atoms with Crippen LogP contribution < -0.4 is 0 Å². The van der Waals surface area contributed by atoms with Crippen molar-refractivity contribution in [2.45, 2.75) is 26.2 Å². The Kier molecular flexibility index (Phi) is 14.4. The second-order valence-corrected chi connectivity index (χ2v) is 7.10. The zero-order valence-corrected chi connectivity index (χ0v) is 18.3. The summed E-state index contributed by atoms with van der Waals surface area (Å²) in [6.45, 7) is -0.106. The van der Waals surface area contributed by atoms with Gasteiger partial charge >= 0.3 is 29.8 Å². The Morgan fingerprint density at radius 3 is 1.30 bits per heavy atom. The molecule has 0 heterocycles. The molecule has 0 atom stereocenters. The van der Waals surface area contributed by atoms with Crippen LogP contribution in [0.15, 0.2) is 24.3 Å². The van der Waals surface area contributed by atoms with Crippen molar-refractivity contribution in [1.82, 2.24) is 9.80 Å². The van der Waals surface area contributed by atoms with Crippen LogP contribution in [0, 0.1) is 0 Å². The fourth-order valence-electron chi connectivity index (χ4n) is 2.67. The van der Waals surface area contributed by atoms with Crippen LogP contribution in [0.4, 0.5) is 0 Å². The van der Waals surface area contributed by atoms with E-state index in [-0.39, 0.29) is 13.1 Å². The average Bonchev–Trinajstić information content (AvgIpc) is 2.69. The topological polar surface area (TPSA) is 193 Å². The fraction of sp³-hybridized carbons (Fsp3) is 0.476. The number of carboxylic acid groups (broad SMARTS) is 5. The number of aliphatic carboxylic acids is 4. The highest BCUT2D eigenvalue weighted by molar-refractivity contribution is 5.87. The number of aromatic carboxylic acids is 1. The monoisotopic (exact) mass is 470 g/mol. The predicted molar refractivity (Wildman–Crippen MR) is 115 cm³/mol. The van der Waals surface area contributed by atoms with Gasteiger partial charge in [-0.05, 0) is 30.5 Å². The van der Waals surface area contributed by atoms with E-state index in [2.05, 4.69) is 6.92 Å². The van der Waals surface area contributed by atoms with Crippen molar-refractivity contribution in [2.75, 3.05) is 39.3 Å². The summed E-state index contributed by atoms with van der Waals surface area (Å²) in [4.78, 5) is 54.9. The van der Waals surface area contributed by atoms with Crippen LogP contribution >= 0.6 is 0 Å². The maximum absolute atomic E-state index is 10.6. The molecule has 33 heavy (non-hydrogen) atoms. The van der Waals surface area contributed by atoms with E-state index in [4.69, 9.17) is 25.5 Å². The summed E-state index contributed by atoms with van der Waals surface area (Å²) >= 11 is 0. The summed E-state index contributed by atoms with van der Waals surface area (Å²) in [5.41, 5.74) is 1.58. The average molecular weight is 470 g/mol. The van der Waals surface area contributed by atoms with Gasteiger partial charge in [0.05, 0.1) is 31.7 Å². The molecule has 0 amide bonds. The van der Waals surface area contributed by atoms with Gasteiger partial charge in [0.2, 0.25) is 0 Å². The van der Waals surface area contributed by atoms with E-state index in [1.54, 1.807) is 12.1 Å². The first-order chi connectivity index (χ1) is 15.4. The minimum Gasteiger partial charge on any atom is -0.480 e. The molecule has 0 aliphatic rings. The van der Waals surface area contributed by atoms with Crippen molar-refractivity contribution in [1.29, 1.82) is 0 Å². The molecule has 0 saturated carbocycles. The molecule has 5 N–H and O–H groups in total.